The van der Waals surface area contributed by atoms with Gasteiger partial charge in [-0.2, -0.15) is 0 Å². The van der Waals surface area contributed by atoms with Gasteiger partial charge in [-0.25, -0.2) is 0 Å². The van der Waals surface area contributed by atoms with E-state index in [2.05, 4.69) is 25.2 Å². The number of rotatable bonds is 4. The van der Waals surface area contributed by atoms with Crippen LogP contribution in [0.15, 0.2) is 24.0 Å². The molecule has 2 heteroatoms. The van der Waals surface area contributed by atoms with Crippen LogP contribution in [0.4, 0.5) is 0 Å². The average Bonchev–Trinajstić information content (AvgIpc) is 2.19. The van der Waals surface area contributed by atoms with Gasteiger partial charge in [-0.15, -0.1) is 0 Å². The van der Waals surface area contributed by atoms with E-state index in [1.165, 1.54) is 0 Å². The summed E-state index contributed by atoms with van der Waals surface area (Å²) in [5, 5.41) is 0. The standard InChI is InChI=1S/C12H18O2/c1-2-12(8-13-9-12)10-14-11-6-4-3-5-7-11/h3-4,6H,2,5,7-10H2,1H3. The molecule has 14 heavy (non-hydrogen) atoms. The van der Waals surface area contributed by atoms with Crippen LogP contribution in [0.1, 0.15) is 26.2 Å². The monoisotopic (exact) mass is 194 g/mol. The van der Waals surface area contributed by atoms with Crippen molar-refractivity contribution in [1.29, 1.82) is 0 Å². The molecule has 0 atom stereocenters. The predicted molar refractivity (Wildman–Crippen MR) is 56.0 cm³/mol. The van der Waals surface area contributed by atoms with Crippen LogP contribution in [0, 0.1) is 5.41 Å². The number of hydrogen-bond donors (Lipinski definition) is 0. The molecular weight excluding hydrogens is 176 g/mol. The van der Waals surface area contributed by atoms with E-state index in [-0.39, 0.29) is 0 Å². The highest BCUT2D eigenvalue weighted by molar-refractivity contribution is 5.13. The van der Waals surface area contributed by atoms with Crippen LogP contribution in [0.3, 0.4) is 0 Å². The third kappa shape index (κ3) is 2.01. The third-order valence-electron chi connectivity index (χ3n) is 3.11. The molecule has 78 valence electrons. The Balaban J connectivity index is 1.81. The Morgan fingerprint density at radius 2 is 2.36 bits per heavy atom. The molecule has 1 saturated heterocycles. The molecule has 0 unspecified atom stereocenters. The Labute approximate surface area is 85.6 Å². The van der Waals surface area contributed by atoms with Crippen molar-refractivity contribution < 1.29 is 9.47 Å². The first-order valence-electron chi connectivity index (χ1n) is 5.41. The molecule has 2 aliphatic rings. The molecular formula is C12H18O2. The lowest BCUT2D eigenvalue weighted by Gasteiger charge is -2.40. The summed E-state index contributed by atoms with van der Waals surface area (Å²) in [6, 6.07) is 0. The van der Waals surface area contributed by atoms with Gasteiger partial charge in [0.15, 0.2) is 0 Å². The van der Waals surface area contributed by atoms with Crippen molar-refractivity contribution in [2.75, 3.05) is 19.8 Å². The minimum atomic E-state index is 0.308. The molecule has 0 amide bonds. The van der Waals surface area contributed by atoms with Crippen LogP contribution in [0.2, 0.25) is 0 Å². The molecule has 1 aliphatic heterocycles. The molecule has 1 heterocycles. The fourth-order valence-electron chi connectivity index (χ4n) is 1.73. The molecule has 0 aromatic rings. The lowest BCUT2D eigenvalue weighted by molar-refractivity contribution is -0.142. The van der Waals surface area contributed by atoms with Crippen LogP contribution in [-0.2, 0) is 9.47 Å². The van der Waals surface area contributed by atoms with Gasteiger partial charge < -0.3 is 9.47 Å². The molecule has 2 nitrogen and oxygen atoms in total. The maximum Gasteiger partial charge on any atom is 0.0977 e. The lowest BCUT2D eigenvalue weighted by atomic mass is 9.84. The highest BCUT2D eigenvalue weighted by Crippen LogP contribution is 2.32. The first-order chi connectivity index (χ1) is 6.85. The second-order valence-corrected chi connectivity index (χ2v) is 4.23. The zero-order chi connectivity index (χ0) is 9.86. The summed E-state index contributed by atoms with van der Waals surface area (Å²) < 4.78 is 11.1. The molecule has 0 saturated carbocycles. The van der Waals surface area contributed by atoms with Crippen molar-refractivity contribution in [3.05, 3.63) is 24.0 Å². The number of hydrogen-bond acceptors (Lipinski definition) is 2. The van der Waals surface area contributed by atoms with Crippen molar-refractivity contribution in [3.8, 4) is 0 Å². The molecule has 2 rings (SSSR count). The van der Waals surface area contributed by atoms with Crippen molar-refractivity contribution in [2.24, 2.45) is 5.41 Å². The molecule has 0 N–H and O–H groups in total. The first kappa shape index (κ1) is 9.78. The van der Waals surface area contributed by atoms with Gasteiger partial charge in [-0.3, -0.25) is 0 Å². The van der Waals surface area contributed by atoms with E-state index in [1.54, 1.807) is 0 Å². The van der Waals surface area contributed by atoms with E-state index in [4.69, 9.17) is 9.47 Å². The van der Waals surface area contributed by atoms with E-state index in [1.807, 2.05) is 0 Å². The molecule has 1 fully saturated rings. The predicted octanol–water partition coefficient (Wildman–Crippen LogP) is 2.66. The second kappa shape index (κ2) is 4.18. The second-order valence-electron chi connectivity index (χ2n) is 4.23. The van der Waals surface area contributed by atoms with E-state index < -0.39 is 0 Å². The van der Waals surface area contributed by atoms with Crippen molar-refractivity contribution in [2.45, 2.75) is 26.2 Å². The van der Waals surface area contributed by atoms with Gasteiger partial charge in [0.2, 0.25) is 0 Å². The Hall–Kier alpha value is -0.760. The van der Waals surface area contributed by atoms with Crippen LogP contribution < -0.4 is 0 Å². The fourth-order valence-corrected chi connectivity index (χ4v) is 1.73. The first-order valence-corrected chi connectivity index (χ1v) is 5.41. The summed E-state index contributed by atoms with van der Waals surface area (Å²) in [7, 11) is 0. The van der Waals surface area contributed by atoms with Gasteiger partial charge in [0.1, 0.15) is 0 Å². The lowest BCUT2D eigenvalue weighted by Crippen LogP contribution is -2.45. The highest BCUT2D eigenvalue weighted by atomic mass is 16.5. The Bertz CT molecular complexity index is 244. The van der Waals surface area contributed by atoms with Crippen molar-refractivity contribution in [3.63, 3.8) is 0 Å². The van der Waals surface area contributed by atoms with Crippen LogP contribution in [-0.4, -0.2) is 19.8 Å². The van der Waals surface area contributed by atoms with E-state index in [0.717, 1.165) is 44.8 Å². The summed E-state index contributed by atoms with van der Waals surface area (Å²) in [4.78, 5) is 0. The fraction of sp³-hybridized carbons (Fsp3) is 0.667. The quantitative estimate of drug-likeness (QED) is 0.685. The average molecular weight is 194 g/mol. The van der Waals surface area contributed by atoms with Crippen LogP contribution in [0.5, 0.6) is 0 Å². The molecule has 0 radical (unpaired) electrons. The van der Waals surface area contributed by atoms with Gasteiger partial charge in [-0.1, -0.05) is 19.1 Å². The summed E-state index contributed by atoms with van der Waals surface area (Å²) >= 11 is 0. The van der Waals surface area contributed by atoms with Gasteiger partial charge >= 0.3 is 0 Å². The molecule has 0 aromatic carbocycles. The summed E-state index contributed by atoms with van der Waals surface area (Å²) in [5.74, 6) is 1.13. The Morgan fingerprint density at radius 3 is 2.86 bits per heavy atom. The highest BCUT2D eigenvalue weighted by Gasteiger charge is 2.37. The molecule has 1 aliphatic carbocycles. The zero-order valence-corrected chi connectivity index (χ0v) is 8.79. The maximum atomic E-state index is 5.81. The van der Waals surface area contributed by atoms with Crippen LogP contribution >= 0.6 is 0 Å². The number of ether oxygens (including phenoxy) is 2. The van der Waals surface area contributed by atoms with Crippen molar-refractivity contribution in [1.82, 2.24) is 0 Å². The SMILES string of the molecule is CCC1(COC2=CC=CCC2)COC1. The van der Waals surface area contributed by atoms with Gasteiger partial charge in [0.05, 0.1) is 31.0 Å². The minimum Gasteiger partial charge on any atom is -0.497 e. The van der Waals surface area contributed by atoms with Crippen LogP contribution in [0.25, 0.3) is 0 Å². The third-order valence-corrected chi connectivity index (χ3v) is 3.11. The molecule has 0 aromatic heterocycles. The molecule has 0 spiro atoms. The van der Waals surface area contributed by atoms with Crippen molar-refractivity contribution >= 4 is 0 Å². The zero-order valence-electron chi connectivity index (χ0n) is 8.79. The van der Waals surface area contributed by atoms with Gasteiger partial charge in [0.25, 0.3) is 0 Å². The van der Waals surface area contributed by atoms with E-state index in [9.17, 15) is 0 Å². The topological polar surface area (TPSA) is 18.5 Å². The Morgan fingerprint density at radius 1 is 1.50 bits per heavy atom. The Kier molecular flexibility index (Phi) is 2.92. The number of allylic oxidation sites excluding steroid dienone is 4. The summed E-state index contributed by atoms with van der Waals surface area (Å²) in [6.45, 7) is 4.77. The van der Waals surface area contributed by atoms with Gasteiger partial charge in [0, 0.05) is 6.42 Å². The maximum absolute atomic E-state index is 5.81. The largest absolute Gasteiger partial charge is 0.497 e. The van der Waals surface area contributed by atoms with E-state index in [0.29, 0.717) is 5.41 Å². The normalized spacial score (nSPS) is 23.9. The summed E-state index contributed by atoms with van der Waals surface area (Å²) in [6.07, 6.45) is 9.64. The van der Waals surface area contributed by atoms with Gasteiger partial charge in [-0.05, 0) is 18.9 Å². The van der Waals surface area contributed by atoms with E-state index >= 15 is 0 Å². The minimum absolute atomic E-state index is 0.308. The summed E-state index contributed by atoms with van der Waals surface area (Å²) in [5.41, 5.74) is 0.308. The molecule has 0 bridgehead atoms. The smallest absolute Gasteiger partial charge is 0.0977 e.